The zero-order valence-corrected chi connectivity index (χ0v) is 16.9. The van der Waals surface area contributed by atoms with E-state index in [9.17, 15) is 14.4 Å². The maximum Gasteiger partial charge on any atom is 0.326 e. The number of para-hydroxylation sites is 1. The summed E-state index contributed by atoms with van der Waals surface area (Å²) in [5, 5.41) is 4.02. The normalized spacial score (nSPS) is 14.6. The van der Waals surface area contributed by atoms with Crippen LogP contribution in [0.1, 0.15) is 36.2 Å². The monoisotopic (exact) mass is 427 g/mol. The van der Waals surface area contributed by atoms with E-state index >= 15 is 0 Å². The van der Waals surface area contributed by atoms with Crippen molar-refractivity contribution in [3.05, 3.63) is 67.3 Å². The zero-order valence-electron chi connectivity index (χ0n) is 15.2. The first-order valence-electron chi connectivity index (χ1n) is 9.01. The summed E-state index contributed by atoms with van der Waals surface area (Å²) in [6.07, 6.45) is 5.61. The van der Waals surface area contributed by atoms with Crippen LogP contribution < -0.4 is 16.7 Å². The predicted octanol–water partition coefficient (Wildman–Crippen LogP) is 3.01. The molecule has 4 rings (SSSR count). The number of benzene rings is 1. The summed E-state index contributed by atoms with van der Waals surface area (Å²) in [5.74, 6) is -0.652. The highest BCUT2D eigenvalue weighted by atomic mass is 32.2. The van der Waals surface area contributed by atoms with E-state index in [1.807, 2.05) is 23.2 Å². The Kier molecular flexibility index (Phi) is 5.72. The third-order valence-electron chi connectivity index (χ3n) is 4.33. The molecule has 1 aliphatic carbocycles. The van der Waals surface area contributed by atoms with Gasteiger partial charge in [0.2, 0.25) is 0 Å². The number of carbonyl (C=O) groups is 1. The zero-order chi connectivity index (χ0) is 20.2. The molecule has 0 bridgehead atoms. The Morgan fingerprint density at radius 1 is 1.21 bits per heavy atom. The Morgan fingerprint density at radius 3 is 2.86 bits per heavy atom. The molecular formula is C19H17N5O3S2. The highest BCUT2D eigenvalue weighted by Gasteiger charge is 2.15. The van der Waals surface area contributed by atoms with Crippen molar-refractivity contribution in [2.75, 3.05) is 0 Å². The van der Waals surface area contributed by atoms with Gasteiger partial charge < -0.3 is 4.98 Å². The Hall–Kier alpha value is -2.98. The molecule has 2 aromatic heterocycles. The van der Waals surface area contributed by atoms with E-state index in [0.29, 0.717) is 0 Å². The van der Waals surface area contributed by atoms with E-state index < -0.39 is 17.2 Å². The van der Waals surface area contributed by atoms with Crippen molar-refractivity contribution in [2.24, 2.45) is 5.10 Å². The van der Waals surface area contributed by atoms with Crippen LogP contribution in [0.5, 0.6) is 0 Å². The molecule has 0 fully saturated rings. The number of H-pyrrole nitrogens is 2. The summed E-state index contributed by atoms with van der Waals surface area (Å²) >= 11 is 3.31. The van der Waals surface area contributed by atoms with Crippen LogP contribution in [0, 0.1) is 0 Å². The van der Waals surface area contributed by atoms with Gasteiger partial charge in [-0.2, -0.15) is 5.10 Å². The Bertz CT molecular complexity index is 1180. The minimum atomic E-state index is -0.740. The summed E-state index contributed by atoms with van der Waals surface area (Å²) in [4.78, 5) is 44.8. The second-order valence-corrected chi connectivity index (χ2v) is 8.78. The summed E-state index contributed by atoms with van der Waals surface area (Å²) in [5.41, 5.74) is 2.88. The van der Waals surface area contributed by atoms with Gasteiger partial charge in [0.25, 0.3) is 11.5 Å². The second-order valence-electron chi connectivity index (χ2n) is 6.41. The van der Waals surface area contributed by atoms with Crippen molar-refractivity contribution in [3.63, 3.8) is 0 Å². The number of hydrogen-bond donors (Lipinski definition) is 3. The SMILES string of the molecule is O=C(NN=CC1=C(Sc2nc3ccccc3s2)CCCC1)c1cc(=O)[nH]c(=O)[nH]1. The largest absolute Gasteiger partial charge is 0.326 e. The number of hydrazone groups is 1. The highest BCUT2D eigenvalue weighted by molar-refractivity contribution is 8.04. The molecule has 3 N–H and O–H groups in total. The number of thioether (sulfide) groups is 1. The van der Waals surface area contributed by atoms with Crippen LogP contribution in [-0.4, -0.2) is 27.1 Å². The van der Waals surface area contributed by atoms with Gasteiger partial charge in [0.1, 0.15) is 5.69 Å². The highest BCUT2D eigenvalue weighted by Crippen LogP contribution is 2.39. The smallest absolute Gasteiger partial charge is 0.303 e. The van der Waals surface area contributed by atoms with Gasteiger partial charge in [-0.25, -0.2) is 15.2 Å². The van der Waals surface area contributed by atoms with Crippen LogP contribution in [0.15, 0.2) is 59.8 Å². The summed E-state index contributed by atoms with van der Waals surface area (Å²) in [6, 6.07) is 9.06. The van der Waals surface area contributed by atoms with E-state index in [1.54, 1.807) is 29.3 Å². The Balaban J connectivity index is 1.50. The number of rotatable bonds is 5. The number of aromatic nitrogens is 3. The molecule has 0 saturated carbocycles. The molecule has 3 aromatic rings. The molecule has 8 nitrogen and oxygen atoms in total. The van der Waals surface area contributed by atoms with Crippen molar-refractivity contribution in [3.8, 4) is 0 Å². The lowest BCUT2D eigenvalue weighted by Gasteiger charge is -2.16. The van der Waals surface area contributed by atoms with Crippen LogP contribution in [-0.2, 0) is 0 Å². The lowest BCUT2D eigenvalue weighted by molar-refractivity contribution is 0.0949. The lowest BCUT2D eigenvalue weighted by Crippen LogP contribution is -2.28. The summed E-state index contributed by atoms with van der Waals surface area (Å²) < 4.78 is 2.14. The number of hydrogen-bond acceptors (Lipinski definition) is 7. The fourth-order valence-electron chi connectivity index (χ4n) is 2.97. The van der Waals surface area contributed by atoms with Crippen molar-refractivity contribution in [1.82, 2.24) is 20.4 Å². The Morgan fingerprint density at radius 2 is 2.03 bits per heavy atom. The van der Waals surface area contributed by atoms with Gasteiger partial charge in [-0.05, 0) is 48.3 Å². The number of amides is 1. The third-order valence-corrected chi connectivity index (χ3v) is 6.64. The number of nitrogens with one attached hydrogen (secondary N) is 3. The minimum absolute atomic E-state index is 0.141. The van der Waals surface area contributed by atoms with E-state index in [-0.39, 0.29) is 5.69 Å². The lowest BCUT2D eigenvalue weighted by atomic mass is 10.0. The van der Waals surface area contributed by atoms with Crippen LogP contribution in [0.2, 0.25) is 0 Å². The van der Waals surface area contributed by atoms with Crippen LogP contribution >= 0.6 is 23.1 Å². The topological polar surface area (TPSA) is 120 Å². The average Bonchev–Trinajstić information content (AvgIpc) is 3.11. The molecule has 148 valence electrons. The minimum Gasteiger partial charge on any atom is -0.303 e. The number of carbonyl (C=O) groups excluding carboxylic acids is 1. The van der Waals surface area contributed by atoms with Crippen molar-refractivity contribution >= 4 is 45.4 Å². The molecule has 10 heteroatoms. The van der Waals surface area contributed by atoms with Gasteiger partial charge >= 0.3 is 5.69 Å². The number of aromatic amines is 2. The van der Waals surface area contributed by atoms with Crippen LogP contribution in [0.25, 0.3) is 10.2 Å². The standard InChI is InChI=1S/C19H17N5O3S2/c25-16-9-13(21-18(27)23-16)17(26)24-20-10-11-5-1-3-7-14(11)28-19-22-12-6-2-4-8-15(12)29-19/h2,4,6,8-10H,1,3,5,7H2,(H,24,26)(H2,21,23,25,27). The molecule has 0 saturated heterocycles. The molecule has 0 aliphatic heterocycles. The van der Waals surface area contributed by atoms with Gasteiger partial charge in [0, 0.05) is 6.07 Å². The predicted molar refractivity (Wildman–Crippen MR) is 115 cm³/mol. The first kappa shape index (κ1) is 19.3. The van der Waals surface area contributed by atoms with Crippen LogP contribution in [0.3, 0.4) is 0 Å². The van der Waals surface area contributed by atoms with E-state index in [4.69, 9.17) is 0 Å². The number of fused-ring (bicyclic) bond motifs is 1. The van der Waals surface area contributed by atoms with Gasteiger partial charge in [0.05, 0.1) is 16.4 Å². The maximum atomic E-state index is 12.1. The molecule has 0 radical (unpaired) electrons. The maximum absolute atomic E-state index is 12.1. The molecule has 0 unspecified atom stereocenters. The van der Waals surface area contributed by atoms with E-state index in [2.05, 4.69) is 26.6 Å². The fraction of sp³-hybridized carbons (Fsp3) is 0.211. The van der Waals surface area contributed by atoms with Gasteiger partial charge in [-0.3, -0.25) is 14.6 Å². The van der Waals surface area contributed by atoms with E-state index in [1.165, 1.54) is 4.91 Å². The molecule has 1 amide bonds. The molecule has 29 heavy (non-hydrogen) atoms. The molecule has 1 aliphatic rings. The second kappa shape index (κ2) is 8.58. The van der Waals surface area contributed by atoms with Crippen LogP contribution in [0.4, 0.5) is 0 Å². The molecule has 2 heterocycles. The third kappa shape index (κ3) is 4.72. The van der Waals surface area contributed by atoms with Crippen molar-refractivity contribution in [1.29, 1.82) is 0 Å². The quantitative estimate of drug-likeness (QED) is 0.427. The number of allylic oxidation sites excluding steroid dienone is 2. The van der Waals surface area contributed by atoms with Gasteiger partial charge in [-0.1, -0.05) is 23.9 Å². The Labute approximate surface area is 173 Å². The van der Waals surface area contributed by atoms with Gasteiger partial charge in [0.15, 0.2) is 4.34 Å². The number of thiazole rings is 1. The van der Waals surface area contributed by atoms with Gasteiger partial charge in [-0.15, -0.1) is 11.3 Å². The summed E-state index contributed by atoms with van der Waals surface area (Å²) in [7, 11) is 0. The number of nitrogens with zero attached hydrogens (tertiary/aromatic N) is 2. The first-order valence-corrected chi connectivity index (χ1v) is 10.6. The summed E-state index contributed by atoms with van der Waals surface area (Å²) in [6.45, 7) is 0. The fourth-order valence-corrected chi connectivity index (χ4v) is 5.30. The average molecular weight is 428 g/mol. The van der Waals surface area contributed by atoms with Crippen molar-refractivity contribution in [2.45, 2.75) is 30.0 Å². The molecule has 0 spiro atoms. The first-order chi connectivity index (χ1) is 14.1. The molecule has 0 atom stereocenters. The molecule has 1 aromatic carbocycles. The molecular weight excluding hydrogens is 410 g/mol. The van der Waals surface area contributed by atoms with E-state index in [0.717, 1.165) is 51.9 Å². The van der Waals surface area contributed by atoms with Crippen molar-refractivity contribution < 1.29 is 4.79 Å².